The van der Waals surface area contributed by atoms with Gasteiger partial charge in [0.15, 0.2) is 0 Å². The lowest BCUT2D eigenvalue weighted by Gasteiger charge is -2.38. The highest BCUT2D eigenvalue weighted by Gasteiger charge is 2.64. The highest BCUT2D eigenvalue weighted by atomic mass is 32.2. The van der Waals surface area contributed by atoms with Crippen LogP contribution in [0, 0.1) is 34.0 Å². The number of rotatable bonds is 15. The molecule has 6 atom stereocenters. The molecule has 51 heavy (non-hydrogen) atoms. The van der Waals surface area contributed by atoms with Gasteiger partial charge >= 0.3 is 6.03 Å². The predicted molar refractivity (Wildman–Crippen MR) is 196 cm³/mol. The fraction of sp³-hybridized carbons (Fsp3) is 0.811. The number of ketones is 1. The van der Waals surface area contributed by atoms with Gasteiger partial charge in [0.2, 0.25) is 27.6 Å². The van der Waals surface area contributed by atoms with E-state index in [0.717, 1.165) is 51.2 Å². The summed E-state index contributed by atoms with van der Waals surface area (Å²) in [6, 6.07) is -4.08. The Bertz CT molecular complexity index is 1460. The van der Waals surface area contributed by atoms with Crippen LogP contribution in [0.1, 0.15) is 99.3 Å². The molecule has 1 unspecified atom stereocenters. The van der Waals surface area contributed by atoms with Gasteiger partial charge in [-0.25, -0.2) is 17.5 Å². The molecule has 0 aromatic rings. The van der Waals surface area contributed by atoms with Crippen LogP contribution < -0.4 is 21.3 Å². The normalized spacial score (nSPS) is 24.6. The first-order chi connectivity index (χ1) is 23.6. The highest BCUT2D eigenvalue weighted by molar-refractivity contribution is 7.88. The van der Waals surface area contributed by atoms with Crippen LogP contribution in [-0.2, 0) is 29.2 Å². The van der Waals surface area contributed by atoms with Gasteiger partial charge in [-0.3, -0.25) is 19.2 Å². The molecule has 4 rings (SSSR count). The fourth-order valence-corrected chi connectivity index (χ4v) is 8.52. The van der Waals surface area contributed by atoms with Crippen molar-refractivity contribution in [3.63, 3.8) is 0 Å². The molecule has 4 fully saturated rings. The minimum atomic E-state index is -3.51. The molecule has 3 saturated carbocycles. The van der Waals surface area contributed by atoms with Crippen LogP contribution in [0.3, 0.4) is 0 Å². The molecule has 1 spiro atoms. The number of fused-ring (bicyclic) bond motifs is 2. The summed E-state index contributed by atoms with van der Waals surface area (Å²) in [7, 11) is -2.05. The third-order valence-corrected chi connectivity index (χ3v) is 13.2. The Balaban J connectivity index is 1.58. The second-order valence-corrected chi connectivity index (χ2v) is 19.9. The van der Waals surface area contributed by atoms with Crippen LogP contribution in [0.25, 0.3) is 0 Å². The number of hydrogen-bond acceptors (Lipinski definition) is 7. The molecule has 3 aliphatic carbocycles. The van der Waals surface area contributed by atoms with Gasteiger partial charge in [0.1, 0.15) is 12.1 Å². The van der Waals surface area contributed by atoms with Crippen molar-refractivity contribution >= 4 is 39.6 Å². The molecule has 5 amide bonds. The molecular formula is C37H62N6O7S. The number of amides is 5. The second kappa shape index (κ2) is 15.5. The van der Waals surface area contributed by atoms with E-state index in [1.165, 1.54) is 17.4 Å². The van der Waals surface area contributed by atoms with E-state index in [-0.39, 0.29) is 36.2 Å². The molecule has 13 nitrogen and oxygen atoms in total. The molecule has 1 heterocycles. The van der Waals surface area contributed by atoms with E-state index < -0.39 is 68.6 Å². The molecule has 288 valence electrons. The number of nitrogens with zero attached hydrogens (tertiary/aromatic N) is 2. The largest absolute Gasteiger partial charge is 0.346 e. The molecule has 1 aliphatic heterocycles. The molecule has 4 aliphatic rings. The second-order valence-electron chi connectivity index (χ2n) is 17.8. The minimum absolute atomic E-state index is 0.0376. The van der Waals surface area contributed by atoms with Gasteiger partial charge in [-0.2, -0.15) is 0 Å². The molecule has 0 aromatic heterocycles. The number of sulfonamides is 1. The number of likely N-dealkylation sites (N-methyl/N-ethyl adjacent to an activating group) is 1. The van der Waals surface area contributed by atoms with Crippen molar-refractivity contribution in [1.82, 2.24) is 30.5 Å². The van der Waals surface area contributed by atoms with E-state index in [4.69, 9.17) is 0 Å². The summed E-state index contributed by atoms with van der Waals surface area (Å²) in [5.74, 6) is -1.81. The smallest absolute Gasteiger partial charge is 0.315 e. The third kappa shape index (κ3) is 9.71. The first-order valence-corrected chi connectivity index (χ1v) is 20.5. The summed E-state index contributed by atoms with van der Waals surface area (Å²) in [6.07, 6.45) is 10.8. The predicted octanol–water partition coefficient (Wildman–Crippen LogP) is 2.96. The zero-order chi connectivity index (χ0) is 38.1. The van der Waals surface area contributed by atoms with Crippen LogP contribution >= 0.6 is 0 Å². The summed E-state index contributed by atoms with van der Waals surface area (Å²) in [6.45, 7) is 15.4. The molecule has 0 radical (unpaired) electrons. The third-order valence-electron chi connectivity index (χ3n) is 12.0. The van der Waals surface area contributed by atoms with Gasteiger partial charge in [-0.1, -0.05) is 66.9 Å². The van der Waals surface area contributed by atoms with Crippen LogP contribution in [0.2, 0.25) is 0 Å². The summed E-state index contributed by atoms with van der Waals surface area (Å²) in [5, 5.41) is 11.3. The minimum Gasteiger partial charge on any atom is -0.346 e. The Hall–Kier alpha value is -3.00. The van der Waals surface area contributed by atoms with E-state index in [9.17, 15) is 32.4 Å². The maximum Gasteiger partial charge on any atom is 0.315 e. The molecule has 14 heteroatoms. The molecule has 4 N–H and O–H groups in total. The average Bonchev–Trinajstić information content (AvgIpc) is 3.56. The standard InChI is InChI=1S/C37H62N6O7S/c1-10-20-38-32(46)29(44)26(15-14-23-12-11-13-23)39-31(45)28-24-16-17-37(18-19-37)25(24)21-43(28)33(47)30(36(5,6)7)41-34(48)40-27(35(2,3)4)22-42(8)51(9,49)50/h10,23-28,30H,1,11-22H2,2-9H3,(H,38,46)(H,39,45)(H2,40,41,48)/t24-,25-,26?,27+,28-,30+/m0/s1. The zero-order valence-electron chi connectivity index (χ0n) is 32.0. The number of urea groups is 1. The number of carbonyl (C=O) groups excluding carboxylic acids is 5. The van der Waals surface area contributed by atoms with Crippen LogP contribution in [-0.4, -0.2) is 104 Å². The van der Waals surface area contributed by atoms with Gasteiger partial charge in [-0.15, -0.1) is 6.58 Å². The Morgan fingerprint density at radius 1 is 0.961 bits per heavy atom. The van der Waals surface area contributed by atoms with Crippen molar-refractivity contribution in [1.29, 1.82) is 0 Å². The molecule has 1 saturated heterocycles. The van der Waals surface area contributed by atoms with E-state index >= 15 is 0 Å². The van der Waals surface area contributed by atoms with Crippen LogP contribution in [0.15, 0.2) is 12.7 Å². The lowest BCUT2D eigenvalue weighted by atomic mass is 9.81. The first kappa shape index (κ1) is 40.8. The number of likely N-dealkylation sites (tertiary alicyclic amines) is 1. The number of carbonyl (C=O) groups is 5. The quantitative estimate of drug-likeness (QED) is 0.148. The fourth-order valence-electron chi connectivity index (χ4n) is 8.10. The van der Waals surface area contributed by atoms with Crippen molar-refractivity contribution in [3.8, 4) is 0 Å². The van der Waals surface area contributed by atoms with Gasteiger partial charge in [-0.05, 0) is 72.5 Å². The van der Waals surface area contributed by atoms with E-state index in [1.807, 2.05) is 41.5 Å². The van der Waals surface area contributed by atoms with Crippen LogP contribution in [0.5, 0.6) is 0 Å². The Kier molecular flexibility index (Phi) is 12.4. The Morgan fingerprint density at radius 2 is 1.61 bits per heavy atom. The van der Waals surface area contributed by atoms with Crippen molar-refractivity contribution in [2.75, 3.05) is 32.9 Å². The van der Waals surface area contributed by atoms with Gasteiger partial charge < -0.3 is 26.2 Å². The van der Waals surface area contributed by atoms with Gasteiger partial charge in [0.05, 0.1) is 12.3 Å². The van der Waals surface area contributed by atoms with E-state index in [2.05, 4.69) is 27.8 Å². The van der Waals surface area contributed by atoms with E-state index in [0.29, 0.717) is 25.3 Å². The Labute approximate surface area is 304 Å². The van der Waals surface area contributed by atoms with Crippen molar-refractivity contribution in [2.45, 2.75) is 123 Å². The Morgan fingerprint density at radius 3 is 2.12 bits per heavy atom. The number of hydrogen-bond donors (Lipinski definition) is 4. The first-order valence-electron chi connectivity index (χ1n) is 18.6. The molecule has 0 bridgehead atoms. The summed E-state index contributed by atoms with van der Waals surface area (Å²) in [5.41, 5.74) is -1.16. The monoisotopic (exact) mass is 734 g/mol. The van der Waals surface area contributed by atoms with Crippen molar-refractivity contribution < 1.29 is 32.4 Å². The summed E-state index contributed by atoms with van der Waals surface area (Å²) in [4.78, 5) is 70.5. The molecular weight excluding hydrogens is 673 g/mol. The zero-order valence-corrected chi connectivity index (χ0v) is 32.8. The number of nitrogens with one attached hydrogen (secondary N) is 4. The summed E-state index contributed by atoms with van der Waals surface area (Å²) < 4.78 is 25.5. The summed E-state index contributed by atoms with van der Waals surface area (Å²) >= 11 is 0. The van der Waals surface area contributed by atoms with Gasteiger partial charge in [0, 0.05) is 32.7 Å². The van der Waals surface area contributed by atoms with Crippen LogP contribution in [0.4, 0.5) is 4.79 Å². The van der Waals surface area contributed by atoms with Crippen molar-refractivity contribution in [3.05, 3.63) is 12.7 Å². The van der Waals surface area contributed by atoms with E-state index in [1.54, 1.807) is 4.90 Å². The number of Topliss-reactive ketones (excluding diaryl/α,β-unsaturated/α-hetero) is 1. The van der Waals surface area contributed by atoms with Gasteiger partial charge in [0.25, 0.3) is 5.91 Å². The molecule has 0 aromatic carbocycles. The maximum atomic E-state index is 14.7. The average molecular weight is 735 g/mol. The topological polar surface area (TPSA) is 174 Å². The van der Waals surface area contributed by atoms with Crippen molar-refractivity contribution in [2.24, 2.45) is 34.0 Å². The highest BCUT2D eigenvalue weighted by Crippen LogP contribution is 2.66. The SMILES string of the molecule is C=CCNC(=O)C(=O)C(CCC1CCC1)NC(=O)[C@@H]1[C@H]2CCC3(CC3)[C@H]2CN1C(=O)[C@@H](NC(=O)N[C@H](CN(C)S(C)(=O)=O)C(C)(C)C)C(C)(C)C. The lowest BCUT2D eigenvalue weighted by molar-refractivity contribution is -0.144. The lowest BCUT2D eigenvalue weighted by Crippen LogP contribution is -2.62. The maximum absolute atomic E-state index is 14.7.